The molecule has 4 rings (SSSR count). The summed E-state index contributed by atoms with van der Waals surface area (Å²) in [5.41, 5.74) is 1.68. The maximum absolute atomic E-state index is 13.2. The molecule has 1 aromatic carbocycles. The summed E-state index contributed by atoms with van der Waals surface area (Å²) < 4.78 is 0. The third-order valence-corrected chi connectivity index (χ3v) is 5.56. The van der Waals surface area contributed by atoms with E-state index in [1.807, 2.05) is 36.9 Å². The Hall–Kier alpha value is -2.86. The minimum absolute atomic E-state index is 0.204. The zero-order chi connectivity index (χ0) is 20.5. The van der Waals surface area contributed by atoms with Gasteiger partial charge in [0.15, 0.2) is 0 Å². The number of halogens is 1. The van der Waals surface area contributed by atoms with Crippen molar-refractivity contribution in [3.8, 4) is 0 Å². The molecular weight excluding hydrogens is 388 g/mol. The molecular formula is C22H23ClN4O2. The van der Waals surface area contributed by atoms with Crippen molar-refractivity contribution in [1.82, 2.24) is 14.8 Å². The smallest absolute Gasteiger partial charge is 0.278 e. The molecule has 7 heteroatoms. The first kappa shape index (κ1) is 19.5. The largest absolute Gasteiger partial charge is 0.363 e. The minimum Gasteiger partial charge on any atom is -0.363 e. The number of hydrogen-bond acceptors (Lipinski definition) is 5. The van der Waals surface area contributed by atoms with E-state index in [0.717, 1.165) is 24.5 Å². The van der Waals surface area contributed by atoms with Gasteiger partial charge in [-0.1, -0.05) is 29.8 Å². The summed E-state index contributed by atoms with van der Waals surface area (Å²) in [6, 6.07) is 12.7. The molecule has 0 N–H and O–H groups in total. The van der Waals surface area contributed by atoms with Crippen LogP contribution in [0.4, 0.5) is 5.82 Å². The number of pyridine rings is 1. The molecule has 2 aliphatic rings. The van der Waals surface area contributed by atoms with Gasteiger partial charge in [0.2, 0.25) is 0 Å². The molecule has 2 aromatic rings. The van der Waals surface area contributed by atoms with Gasteiger partial charge >= 0.3 is 0 Å². The van der Waals surface area contributed by atoms with Gasteiger partial charge in [-0.25, -0.2) is 4.98 Å². The van der Waals surface area contributed by atoms with Crippen molar-refractivity contribution in [2.45, 2.75) is 19.9 Å². The van der Waals surface area contributed by atoms with Crippen LogP contribution in [0.15, 0.2) is 54.4 Å². The van der Waals surface area contributed by atoms with E-state index in [2.05, 4.69) is 9.88 Å². The third kappa shape index (κ3) is 3.60. The lowest BCUT2D eigenvalue weighted by atomic mass is 10.0. The Kier molecular flexibility index (Phi) is 5.28. The van der Waals surface area contributed by atoms with Crippen molar-refractivity contribution in [2.24, 2.45) is 0 Å². The van der Waals surface area contributed by atoms with Gasteiger partial charge in [-0.15, -0.1) is 0 Å². The number of carbonyl (C=O) groups is 2. The number of amides is 2. The van der Waals surface area contributed by atoms with E-state index in [1.165, 1.54) is 4.90 Å². The van der Waals surface area contributed by atoms with Gasteiger partial charge in [-0.3, -0.25) is 14.5 Å². The zero-order valence-corrected chi connectivity index (χ0v) is 17.3. The third-order valence-electron chi connectivity index (χ3n) is 5.31. The van der Waals surface area contributed by atoms with Gasteiger partial charge in [-0.2, -0.15) is 0 Å². The number of rotatable bonds is 4. The lowest BCUT2D eigenvalue weighted by Crippen LogP contribution is -2.48. The molecule has 1 fully saturated rings. The first-order chi connectivity index (χ1) is 14.0. The topological polar surface area (TPSA) is 56.8 Å². The van der Waals surface area contributed by atoms with E-state index >= 15 is 0 Å². The predicted molar refractivity (Wildman–Crippen MR) is 113 cm³/mol. The summed E-state index contributed by atoms with van der Waals surface area (Å²) in [7, 11) is 0. The van der Waals surface area contributed by atoms with Crippen LogP contribution in [0.2, 0.25) is 5.02 Å². The monoisotopic (exact) mass is 410 g/mol. The van der Waals surface area contributed by atoms with Crippen LogP contribution < -0.4 is 4.90 Å². The number of nitrogens with zero attached hydrogens (tertiary/aromatic N) is 4. The second-order valence-electron chi connectivity index (χ2n) is 7.47. The highest BCUT2D eigenvalue weighted by Gasteiger charge is 2.43. The van der Waals surface area contributed by atoms with E-state index in [9.17, 15) is 9.59 Å². The number of hydrogen-bond donors (Lipinski definition) is 0. The van der Waals surface area contributed by atoms with E-state index in [1.54, 1.807) is 30.5 Å². The Labute approximate surface area is 175 Å². The second-order valence-corrected chi connectivity index (χ2v) is 7.90. The van der Waals surface area contributed by atoms with Gasteiger partial charge in [0.1, 0.15) is 11.5 Å². The Morgan fingerprint density at radius 2 is 1.55 bits per heavy atom. The van der Waals surface area contributed by atoms with E-state index < -0.39 is 0 Å². The van der Waals surface area contributed by atoms with Crippen LogP contribution in [0.1, 0.15) is 19.4 Å². The summed E-state index contributed by atoms with van der Waals surface area (Å²) in [6.07, 6.45) is 1.78. The maximum Gasteiger partial charge on any atom is 0.278 e. The van der Waals surface area contributed by atoms with Crippen LogP contribution in [-0.2, 0) is 9.59 Å². The molecule has 150 valence electrons. The average molecular weight is 411 g/mol. The van der Waals surface area contributed by atoms with Crippen molar-refractivity contribution < 1.29 is 9.59 Å². The van der Waals surface area contributed by atoms with Gasteiger partial charge < -0.3 is 9.80 Å². The van der Waals surface area contributed by atoms with Crippen LogP contribution in [0, 0.1) is 0 Å². The van der Waals surface area contributed by atoms with Gasteiger partial charge in [0.05, 0.1) is 5.57 Å². The molecule has 6 nitrogen and oxygen atoms in total. The number of benzene rings is 1. The molecule has 0 bridgehead atoms. The van der Waals surface area contributed by atoms with E-state index in [4.69, 9.17) is 11.6 Å². The minimum atomic E-state index is -0.241. The summed E-state index contributed by atoms with van der Waals surface area (Å²) in [5, 5.41) is 0.595. The first-order valence-electron chi connectivity index (χ1n) is 9.76. The molecule has 29 heavy (non-hydrogen) atoms. The molecule has 1 saturated heterocycles. The Bertz CT molecular complexity index is 949. The van der Waals surface area contributed by atoms with Crippen LogP contribution in [0.5, 0.6) is 0 Å². The first-order valence-corrected chi connectivity index (χ1v) is 10.1. The SMILES string of the molecule is CC(C)N1C(=O)C(c2ccc(Cl)cc2)=C(N2CCN(c3ccccn3)CC2)C1=O. The van der Waals surface area contributed by atoms with Gasteiger partial charge in [-0.05, 0) is 43.7 Å². The molecule has 0 spiro atoms. The number of anilines is 1. The summed E-state index contributed by atoms with van der Waals surface area (Å²) in [5.74, 6) is 0.465. The highest BCUT2D eigenvalue weighted by Crippen LogP contribution is 2.34. The molecule has 0 saturated carbocycles. The number of imide groups is 1. The van der Waals surface area contributed by atoms with Crippen molar-refractivity contribution in [1.29, 1.82) is 0 Å². The lowest BCUT2D eigenvalue weighted by Gasteiger charge is -2.37. The molecule has 2 amide bonds. The van der Waals surface area contributed by atoms with Crippen molar-refractivity contribution in [2.75, 3.05) is 31.1 Å². The van der Waals surface area contributed by atoms with Crippen LogP contribution in [-0.4, -0.2) is 58.8 Å². The fraction of sp³-hybridized carbons (Fsp3) is 0.318. The average Bonchev–Trinajstić information content (AvgIpc) is 2.99. The molecule has 0 unspecified atom stereocenters. The Morgan fingerprint density at radius 1 is 0.897 bits per heavy atom. The second kappa shape index (κ2) is 7.87. The van der Waals surface area contributed by atoms with E-state index in [0.29, 0.717) is 29.4 Å². The highest BCUT2D eigenvalue weighted by atomic mass is 35.5. The fourth-order valence-electron chi connectivity index (χ4n) is 3.87. The molecule has 2 aliphatic heterocycles. The van der Waals surface area contributed by atoms with Crippen molar-refractivity contribution in [3.63, 3.8) is 0 Å². The number of carbonyl (C=O) groups excluding carboxylic acids is 2. The normalized spacial score (nSPS) is 17.7. The van der Waals surface area contributed by atoms with Crippen molar-refractivity contribution in [3.05, 3.63) is 64.9 Å². The zero-order valence-electron chi connectivity index (χ0n) is 16.5. The highest BCUT2D eigenvalue weighted by molar-refractivity contribution is 6.36. The Morgan fingerprint density at radius 3 is 2.14 bits per heavy atom. The summed E-state index contributed by atoms with van der Waals surface area (Å²) in [6.45, 7) is 6.48. The fourth-order valence-corrected chi connectivity index (χ4v) is 4.00. The van der Waals surface area contributed by atoms with Crippen LogP contribution in [0.25, 0.3) is 5.57 Å². The number of piperazine rings is 1. The molecule has 1 aromatic heterocycles. The predicted octanol–water partition coefficient (Wildman–Crippen LogP) is 3.05. The maximum atomic E-state index is 13.2. The number of aromatic nitrogens is 1. The summed E-state index contributed by atoms with van der Waals surface area (Å²) in [4.78, 5) is 36.4. The van der Waals surface area contributed by atoms with Crippen molar-refractivity contribution >= 4 is 34.8 Å². The lowest BCUT2D eigenvalue weighted by molar-refractivity contribution is -0.139. The summed E-state index contributed by atoms with van der Waals surface area (Å²) >= 11 is 6.02. The molecule has 3 heterocycles. The quantitative estimate of drug-likeness (QED) is 0.725. The molecule has 0 atom stereocenters. The molecule has 0 radical (unpaired) electrons. The Balaban J connectivity index is 1.66. The standard InChI is InChI=1S/C22H23ClN4O2/c1-15(2)27-21(28)19(16-6-8-17(23)9-7-16)20(22(27)29)26-13-11-25(12-14-26)18-5-3-4-10-24-18/h3-10,15H,11-14H2,1-2H3. The van der Waals surface area contributed by atoms with Crippen LogP contribution >= 0.6 is 11.6 Å². The molecule has 0 aliphatic carbocycles. The van der Waals surface area contributed by atoms with Gasteiger partial charge in [0, 0.05) is 43.4 Å². The van der Waals surface area contributed by atoms with E-state index in [-0.39, 0.29) is 17.9 Å². The van der Waals surface area contributed by atoms with Gasteiger partial charge in [0.25, 0.3) is 11.8 Å². The van der Waals surface area contributed by atoms with Crippen LogP contribution in [0.3, 0.4) is 0 Å².